The van der Waals surface area contributed by atoms with Crippen molar-refractivity contribution in [2.24, 2.45) is 0 Å². The molecule has 1 aromatic rings. The van der Waals surface area contributed by atoms with Crippen LogP contribution in [0.15, 0.2) is 18.3 Å². The predicted octanol–water partition coefficient (Wildman–Crippen LogP) is 2.29. The van der Waals surface area contributed by atoms with Gasteiger partial charge in [-0.2, -0.15) is 0 Å². The summed E-state index contributed by atoms with van der Waals surface area (Å²) >= 11 is 0. The molecule has 0 radical (unpaired) electrons. The number of aryl methyl sites for hydroxylation is 1. The molecule has 0 bridgehead atoms. The predicted molar refractivity (Wildman–Crippen MR) is 66.4 cm³/mol. The summed E-state index contributed by atoms with van der Waals surface area (Å²) < 4.78 is 5.61. The van der Waals surface area contributed by atoms with Gasteiger partial charge in [0.25, 0.3) is 0 Å². The van der Waals surface area contributed by atoms with Crippen molar-refractivity contribution >= 4 is 0 Å². The van der Waals surface area contributed by atoms with Crippen LogP contribution in [0.4, 0.5) is 0 Å². The molecule has 0 atom stereocenters. The van der Waals surface area contributed by atoms with Crippen LogP contribution in [0.25, 0.3) is 0 Å². The minimum Gasteiger partial charge on any atom is -0.375 e. The lowest BCUT2D eigenvalue weighted by Crippen LogP contribution is -2.26. The number of hydrogen-bond acceptors (Lipinski definition) is 3. The molecule has 0 fully saturated rings. The summed E-state index contributed by atoms with van der Waals surface area (Å²) in [5, 5.41) is 3.33. The molecule has 0 spiro atoms. The van der Waals surface area contributed by atoms with Crippen molar-refractivity contribution in [3.63, 3.8) is 0 Å². The number of hydrogen-bond donors (Lipinski definition) is 1. The summed E-state index contributed by atoms with van der Waals surface area (Å²) in [4.78, 5) is 4.25. The van der Waals surface area contributed by atoms with Crippen molar-refractivity contribution in [1.82, 2.24) is 10.3 Å². The molecule has 0 saturated heterocycles. The van der Waals surface area contributed by atoms with Crippen molar-refractivity contribution in [2.45, 2.75) is 39.8 Å². The van der Waals surface area contributed by atoms with E-state index in [-0.39, 0.29) is 5.60 Å². The maximum atomic E-state index is 5.61. The van der Waals surface area contributed by atoms with E-state index in [9.17, 15) is 0 Å². The van der Waals surface area contributed by atoms with Gasteiger partial charge in [-0.05, 0) is 39.3 Å². The second kappa shape index (κ2) is 5.97. The van der Waals surface area contributed by atoms with Crippen LogP contribution in [0.3, 0.4) is 0 Å². The van der Waals surface area contributed by atoms with Crippen LogP contribution in [-0.2, 0) is 11.3 Å². The van der Waals surface area contributed by atoms with E-state index in [1.807, 2.05) is 19.2 Å². The Morgan fingerprint density at radius 1 is 1.31 bits per heavy atom. The molecule has 0 aliphatic heterocycles. The molecule has 1 aromatic heterocycles. The largest absolute Gasteiger partial charge is 0.375 e. The van der Waals surface area contributed by atoms with E-state index < -0.39 is 0 Å². The van der Waals surface area contributed by atoms with Gasteiger partial charge in [-0.3, -0.25) is 4.98 Å². The van der Waals surface area contributed by atoms with Crippen molar-refractivity contribution < 1.29 is 4.74 Å². The second-order valence-electron chi connectivity index (χ2n) is 4.95. The Labute approximate surface area is 98.2 Å². The molecule has 0 amide bonds. The van der Waals surface area contributed by atoms with Crippen molar-refractivity contribution in [2.75, 3.05) is 13.2 Å². The summed E-state index contributed by atoms with van der Waals surface area (Å²) in [7, 11) is 0. The van der Waals surface area contributed by atoms with Gasteiger partial charge in [0.15, 0.2) is 0 Å². The molecule has 3 heteroatoms. The zero-order valence-corrected chi connectivity index (χ0v) is 10.7. The van der Waals surface area contributed by atoms with Crippen LogP contribution in [-0.4, -0.2) is 23.7 Å². The van der Waals surface area contributed by atoms with Gasteiger partial charge in [-0.25, -0.2) is 0 Å². The average Bonchev–Trinajstić information content (AvgIpc) is 2.19. The van der Waals surface area contributed by atoms with Crippen molar-refractivity contribution in [3.8, 4) is 0 Å². The van der Waals surface area contributed by atoms with Gasteiger partial charge in [0.2, 0.25) is 0 Å². The number of rotatable bonds is 5. The maximum absolute atomic E-state index is 5.61. The van der Waals surface area contributed by atoms with Gasteiger partial charge in [0.1, 0.15) is 0 Å². The molecule has 0 aliphatic rings. The zero-order valence-electron chi connectivity index (χ0n) is 10.7. The van der Waals surface area contributed by atoms with Gasteiger partial charge in [0, 0.05) is 25.0 Å². The van der Waals surface area contributed by atoms with Gasteiger partial charge in [0.05, 0.1) is 12.2 Å². The Hall–Kier alpha value is -0.930. The summed E-state index contributed by atoms with van der Waals surface area (Å²) in [5.41, 5.74) is 2.22. The van der Waals surface area contributed by atoms with Gasteiger partial charge in [-0.1, -0.05) is 6.07 Å². The maximum Gasteiger partial charge on any atom is 0.0599 e. The lowest BCUT2D eigenvalue weighted by atomic mass is 10.2. The van der Waals surface area contributed by atoms with E-state index in [0.717, 1.165) is 25.4 Å². The summed E-state index contributed by atoms with van der Waals surface area (Å²) in [6.45, 7) is 10.6. The van der Waals surface area contributed by atoms with Gasteiger partial charge in [-0.15, -0.1) is 0 Å². The molecule has 90 valence electrons. The summed E-state index contributed by atoms with van der Waals surface area (Å²) in [6.07, 6.45) is 1.91. The van der Waals surface area contributed by atoms with Crippen LogP contribution in [0.5, 0.6) is 0 Å². The fraction of sp³-hybridized carbons (Fsp3) is 0.615. The highest BCUT2D eigenvalue weighted by molar-refractivity contribution is 5.12. The molecule has 0 aliphatic carbocycles. The van der Waals surface area contributed by atoms with Gasteiger partial charge >= 0.3 is 0 Å². The summed E-state index contributed by atoms with van der Waals surface area (Å²) in [5.74, 6) is 0. The first-order valence-electron chi connectivity index (χ1n) is 5.73. The fourth-order valence-corrected chi connectivity index (χ4v) is 1.27. The Morgan fingerprint density at radius 2 is 2.06 bits per heavy atom. The van der Waals surface area contributed by atoms with Gasteiger partial charge < -0.3 is 10.1 Å². The first kappa shape index (κ1) is 13.1. The monoisotopic (exact) mass is 222 g/mol. The minimum absolute atomic E-state index is 0.0485. The van der Waals surface area contributed by atoms with Crippen LogP contribution in [0.1, 0.15) is 32.0 Å². The van der Waals surface area contributed by atoms with Crippen molar-refractivity contribution in [1.29, 1.82) is 0 Å². The lowest BCUT2D eigenvalue weighted by Gasteiger charge is -2.19. The lowest BCUT2D eigenvalue weighted by molar-refractivity contribution is -0.000887. The SMILES string of the molecule is Cc1ccc(CNCCOC(C)(C)C)cn1. The van der Waals surface area contributed by atoms with E-state index in [1.54, 1.807) is 0 Å². The first-order valence-corrected chi connectivity index (χ1v) is 5.73. The van der Waals surface area contributed by atoms with Crippen LogP contribution >= 0.6 is 0 Å². The second-order valence-corrected chi connectivity index (χ2v) is 4.95. The average molecular weight is 222 g/mol. The highest BCUT2D eigenvalue weighted by atomic mass is 16.5. The number of nitrogens with zero attached hydrogens (tertiary/aromatic N) is 1. The third kappa shape index (κ3) is 5.83. The van der Waals surface area contributed by atoms with E-state index in [2.05, 4.69) is 37.1 Å². The van der Waals surface area contributed by atoms with E-state index in [0.29, 0.717) is 0 Å². The smallest absolute Gasteiger partial charge is 0.0599 e. The topological polar surface area (TPSA) is 34.1 Å². The normalized spacial score (nSPS) is 11.8. The first-order chi connectivity index (χ1) is 7.47. The number of aromatic nitrogens is 1. The van der Waals surface area contributed by atoms with E-state index in [4.69, 9.17) is 4.74 Å². The highest BCUT2D eigenvalue weighted by Crippen LogP contribution is 2.05. The standard InChI is InChI=1S/C13H22N2O/c1-11-5-6-12(10-15-11)9-14-7-8-16-13(2,3)4/h5-6,10,14H,7-9H2,1-4H3. The van der Waals surface area contributed by atoms with Crippen LogP contribution in [0, 0.1) is 6.92 Å². The third-order valence-electron chi connectivity index (χ3n) is 2.12. The van der Waals surface area contributed by atoms with Crippen LogP contribution in [0.2, 0.25) is 0 Å². The Morgan fingerprint density at radius 3 is 2.62 bits per heavy atom. The fourth-order valence-electron chi connectivity index (χ4n) is 1.27. The minimum atomic E-state index is -0.0485. The number of ether oxygens (including phenoxy) is 1. The molecular weight excluding hydrogens is 200 g/mol. The van der Waals surface area contributed by atoms with E-state index >= 15 is 0 Å². The molecule has 1 heterocycles. The Kier molecular flexibility index (Phi) is 4.90. The third-order valence-corrected chi connectivity index (χ3v) is 2.12. The molecule has 3 nitrogen and oxygen atoms in total. The zero-order chi connectivity index (χ0) is 12.0. The van der Waals surface area contributed by atoms with Crippen LogP contribution < -0.4 is 5.32 Å². The Balaban J connectivity index is 2.14. The summed E-state index contributed by atoms with van der Waals surface area (Å²) in [6, 6.07) is 4.13. The molecule has 1 N–H and O–H groups in total. The molecular formula is C13H22N2O. The molecule has 16 heavy (non-hydrogen) atoms. The quantitative estimate of drug-likeness (QED) is 0.776. The highest BCUT2D eigenvalue weighted by Gasteiger charge is 2.08. The molecule has 0 aromatic carbocycles. The molecule has 0 unspecified atom stereocenters. The molecule has 1 rings (SSSR count). The Bertz CT molecular complexity index is 301. The van der Waals surface area contributed by atoms with Crippen molar-refractivity contribution in [3.05, 3.63) is 29.6 Å². The number of pyridine rings is 1. The van der Waals surface area contributed by atoms with E-state index in [1.165, 1.54) is 5.56 Å². The number of nitrogens with one attached hydrogen (secondary N) is 1. The molecule has 0 saturated carbocycles.